The number of likely N-dealkylation sites (tertiary alicyclic amines) is 1. The first-order valence-electron chi connectivity index (χ1n) is 6.20. The third-order valence-corrected chi connectivity index (χ3v) is 3.85. The van der Waals surface area contributed by atoms with Crippen molar-refractivity contribution in [2.75, 3.05) is 19.6 Å². The molecule has 18 heavy (non-hydrogen) atoms. The molecule has 1 aliphatic rings. The van der Waals surface area contributed by atoms with Crippen LogP contribution in [0, 0.1) is 12.3 Å². The van der Waals surface area contributed by atoms with Crippen molar-refractivity contribution in [1.82, 2.24) is 4.90 Å². The lowest BCUT2D eigenvalue weighted by Gasteiger charge is -2.22. The number of nitrogens with two attached hydrogens (primary N) is 1. The molecular formula is C14H19ClN2O. The van der Waals surface area contributed by atoms with E-state index in [4.69, 9.17) is 17.3 Å². The SMILES string of the molecule is Cc1cc(Cl)cc(C(=O)N2CCC(C)(CN)C2)c1. The lowest BCUT2D eigenvalue weighted by Crippen LogP contribution is -2.34. The smallest absolute Gasteiger partial charge is 0.253 e. The zero-order valence-corrected chi connectivity index (χ0v) is 11.6. The maximum Gasteiger partial charge on any atom is 0.253 e. The van der Waals surface area contributed by atoms with Crippen LogP contribution in [0.4, 0.5) is 0 Å². The Balaban J connectivity index is 2.18. The molecule has 98 valence electrons. The molecule has 1 aromatic carbocycles. The number of aryl methyl sites for hydroxylation is 1. The summed E-state index contributed by atoms with van der Waals surface area (Å²) in [5.41, 5.74) is 7.49. The predicted octanol–water partition coefficient (Wildman–Crippen LogP) is 2.46. The van der Waals surface area contributed by atoms with Crippen LogP contribution in [0.3, 0.4) is 0 Å². The fourth-order valence-corrected chi connectivity index (χ4v) is 2.70. The van der Waals surface area contributed by atoms with Crippen LogP contribution in [-0.2, 0) is 0 Å². The molecule has 1 heterocycles. The monoisotopic (exact) mass is 266 g/mol. The second kappa shape index (κ2) is 4.90. The van der Waals surface area contributed by atoms with E-state index >= 15 is 0 Å². The second-order valence-electron chi connectivity index (χ2n) is 5.51. The van der Waals surface area contributed by atoms with Gasteiger partial charge < -0.3 is 10.6 Å². The minimum Gasteiger partial charge on any atom is -0.338 e. The molecule has 4 heteroatoms. The molecule has 1 fully saturated rings. The maximum absolute atomic E-state index is 12.4. The van der Waals surface area contributed by atoms with E-state index in [1.54, 1.807) is 6.07 Å². The van der Waals surface area contributed by atoms with Crippen LogP contribution in [0.1, 0.15) is 29.3 Å². The Labute approximate surface area is 113 Å². The fraction of sp³-hybridized carbons (Fsp3) is 0.500. The van der Waals surface area contributed by atoms with Crippen LogP contribution in [-0.4, -0.2) is 30.4 Å². The molecule has 1 aliphatic heterocycles. The van der Waals surface area contributed by atoms with Gasteiger partial charge in [-0.15, -0.1) is 0 Å². The Bertz CT molecular complexity index is 455. The fourth-order valence-electron chi connectivity index (χ4n) is 2.41. The summed E-state index contributed by atoms with van der Waals surface area (Å²) in [6.45, 7) is 6.19. The highest BCUT2D eigenvalue weighted by atomic mass is 35.5. The van der Waals surface area contributed by atoms with Crippen LogP contribution in [0.15, 0.2) is 18.2 Å². The Morgan fingerprint density at radius 2 is 2.22 bits per heavy atom. The summed E-state index contributed by atoms with van der Waals surface area (Å²) in [5, 5.41) is 0.610. The topological polar surface area (TPSA) is 46.3 Å². The summed E-state index contributed by atoms with van der Waals surface area (Å²) in [4.78, 5) is 14.3. The minimum absolute atomic E-state index is 0.0535. The zero-order chi connectivity index (χ0) is 13.3. The van der Waals surface area contributed by atoms with E-state index in [0.29, 0.717) is 17.1 Å². The van der Waals surface area contributed by atoms with Crippen LogP contribution >= 0.6 is 11.6 Å². The third kappa shape index (κ3) is 2.68. The van der Waals surface area contributed by atoms with Crippen molar-refractivity contribution < 1.29 is 4.79 Å². The van der Waals surface area contributed by atoms with Crippen molar-refractivity contribution in [1.29, 1.82) is 0 Å². The van der Waals surface area contributed by atoms with Gasteiger partial charge in [0.15, 0.2) is 0 Å². The molecule has 0 bridgehead atoms. The van der Waals surface area contributed by atoms with E-state index < -0.39 is 0 Å². The summed E-state index contributed by atoms with van der Waals surface area (Å²) in [5.74, 6) is 0.0535. The number of halogens is 1. The summed E-state index contributed by atoms with van der Waals surface area (Å²) < 4.78 is 0. The van der Waals surface area contributed by atoms with Gasteiger partial charge >= 0.3 is 0 Å². The van der Waals surface area contributed by atoms with E-state index in [9.17, 15) is 4.79 Å². The number of carbonyl (C=O) groups excluding carboxylic acids is 1. The van der Waals surface area contributed by atoms with Crippen LogP contribution in [0.2, 0.25) is 5.02 Å². The van der Waals surface area contributed by atoms with Crippen molar-refractivity contribution in [3.8, 4) is 0 Å². The summed E-state index contributed by atoms with van der Waals surface area (Å²) in [6, 6.07) is 5.47. The van der Waals surface area contributed by atoms with Gasteiger partial charge in [0.05, 0.1) is 0 Å². The van der Waals surface area contributed by atoms with Crippen LogP contribution < -0.4 is 5.73 Å². The molecule has 1 aromatic rings. The van der Waals surface area contributed by atoms with E-state index in [0.717, 1.165) is 25.1 Å². The molecule has 1 unspecified atom stereocenters. The van der Waals surface area contributed by atoms with Crippen molar-refractivity contribution in [2.24, 2.45) is 11.1 Å². The van der Waals surface area contributed by atoms with E-state index in [1.807, 2.05) is 24.0 Å². The Morgan fingerprint density at radius 3 is 2.78 bits per heavy atom. The molecular weight excluding hydrogens is 248 g/mol. The van der Waals surface area contributed by atoms with Gasteiger partial charge in [-0.3, -0.25) is 4.79 Å². The first-order chi connectivity index (χ1) is 8.43. The number of hydrogen-bond acceptors (Lipinski definition) is 2. The molecule has 1 atom stereocenters. The molecule has 1 saturated heterocycles. The number of benzene rings is 1. The Hall–Kier alpha value is -1.06. The summed E-state index contributed by atoms with van der Waals surface area (Å²) in [7, 11) is 0. The van der Waals surface area contributed by atoms with Gasteiger partial charge in [0.25, 0.3) is 5.91 Å². The lowest BCUT2D eigenvalue weighted by molar-refractivity contribution is 0.0777. The van der Waals surface area contributed by atoms with Gasteiger partial charge in [0, 0.05) is 23.7 Å². The molecule has 1 amide bonds. The normalized spacial score (nSPS) is 23.4. The molecule has 0 aromatic heterocycles. The molecule has 3 nitrogen and oxygen atoms in total. The second-order valence-corrected chi connectivity index (χ2v) is 5.95. The summed E-state index contributed by atoms with van der Waals surface area (Å²) in [6.07, 6.45) is 0.967. The summed E-state index contributed by atoms with van der Waals surface area (Å²) >= 11 is 5.99. The quantitative estimate of drug-likeness (QED) is 0.894. The van der Waals surface area contributed by atoms with E-state index in [1.165, 1.54) is 0 Å². The van der Waals surface area contributed by atoms with Crippen molar-refractivity contribution >= 4 is 17.5 Å². The minimum atomic E-state index is 0.0535. The molecule has 0 aliphatic carbocycles. The van der Waals surface area contributed by atoms with Gasteiger partial charge in [0.2, 0.25) is 0 Å². The predicted molar refractivity (Wildman–Crippen MR) is 73.9 cm³/mol. The number of nitrogens with zero attached hydrogens (tertiary/aromatic N) is 1. The largest absolute Gasteiger partial charge is 0.338 e. The van der Waals surface area contributed by atoms with Crippen LogP contribution in [0.25, 0.3) is 0 Å². The highest BCUT2D eigenvalue weighted by Gasteiger charge is 2.35. The number of rotatable bonds is 2. The first-order valence-corrected chi connectivity index (χ1v) is 6.58. The third-order valence-electron chi connectivity index (χ3n) is 3.63. The highest BCUT2D eigenvalue weighted by molar-refractivity contribution is 6.31. The highest BCUT2D eigenvalue weighted by Crippen LogP contribution is 2.29. The van der Waals surface area contributed by atoms with E-state index in [-0.39, 0.29) is 11.3 Å². The van der Waals surface area contributed by atoms with Gasteiger partial charge in [-0.1, -0.05) is 18.5 Å². The zero-order valence-electron chi connectivity index (χ0n) is 10.9. The Morgan fingerprint density at radius 1 is 1.50 bits per heavy atom. The number of amides is 1. The average Bonchev–Trinajstić information content (AvgIpc) is 2.70. The van der Waals surface area contributed by atoms with Gasteiger partial charge in [-0.05, 0) is 49.1 Å². The maximum atomic E-state index is 12.4. The lowest BCUT2D eigenvalue weighted by atomic mass is 9.90. The molecule has 0 radical (unpaired) electrons. The van der Waals surface area contributed by atoms with E-state index in [2.05, 4.69) is 6.92 Å². The number of hydrogen-bond donors (Lipinski definition) is 1. The van der Waals surface area contributed by atoms with Crippen molar-refractivity contribution in [3.63, 3.8) is 0 Å². The Kier molecular flexibility index (Phi) is 3.64. The standard InChI is InChI=1S/C14H19ClN2O/c1-10-5-11(7-12(15)6-10)13(18)17-4-3-14(2,8-16)9-17/h5-7H,3-4,8-9,16H2,1-2H3. The molecule has 0 spiro atoms. The number of carbonyl (C=O) groups is 1. The molecule has 2 N–H and O–H groups in total. The van der Waals surface area contributed by atoms with Gasteiger partial charge in [0.1, 0.15) is 0 Å². The van der Waals surface area contributed by atoms with Crippen molar-refractivity contribution in [2.45, 2.75) is 20.3 Å². The van der Waals surface area contributed by atoms with Gasteiger partial charge in [-0.25, -0.2) is 0 Å². The van der Waals surface area contributed by atoms with Gasteiger partial charge in [-0.2, -0.15) is 0 Å². The average molecular weight is 267 g/mol. The van der Waals surface area contributed by atoms with Crippen LogP contribution in [0.5, 0.6) is 0 Å². The van der Waals surface area contributed by atoms with Crippen molar-refractivity contribution in [3.05, 3.63) is 34.3 Å². The first kappa shape index (κ1) is 13.4. The molecule has 2 rings (SSSR count). The molecule has 0 saturated carbocycles.